The van der Waals surface area contributed by atoms with Gasteiger partial charge >= 0.3 is 0 Å². The summed E-state index contributed by atoms with van der Waals surface area (Å²) in [6.45, 7) is 9.58. The highest BCUT2D eigenvalue weighted by molar-refractivity contribution is 7.92. The largest absolute Gasteiger partial charge is 0.497 e. The van der Waals surface area contributed by atoms with Crippen molar-refractivity contribution >= 4 is 27.5 Å². The molecule has 4 rings (SSSR count). The van der Waals surface area contributed by atoms with Gasteiger partial charge in [0.15, 0.2) is 0 Å². The Morgan fingerprint density at radius 1 is 0.809 bits per heavy atom. The quantitative estimate of drug-likeness (QED) is 0.174. The van der Waals surface area contributed by atoms with Crippen molar-refractivity contribution in [2.45, 2.75) is 58.5 Å². The number of methoxy groups -OCH3 is 1. The topological polar surface area (TPSA) is 96.0 Å². The zero-order valence-electron chi connectivity index (χ0n) is 28.1. The van der Waals surface area contributed by atoms with Crippen molar-refractivity contribution in [2.24, 2.45) is 5.92 Å². The highest BCUT2D eigenvalue weighted by Gasteiger charge is 2.35. The average Bonchev–Trinajstić information content (AvgIpc) is 3.05. The van der Waals surface area contributed by atoms with Gasteiger partial charge in [0.05, 0.1) is 17.7 Å². The maximum Gasteiger partial charge on any atom is 0.264 e. The van der Waals surface area contributed by atoms with Crippen molar-refractivity contribution < 1.29 is 22.7 Å². The Balaban J connectivity index is 1.84. The van der Waals surface area contributed by atoms with Gasteiger partial charge in [-0.1, -0.05) is 86.1 Å². The van der Waals surface area contributed by atoms with E-state index < -0.39 is 28.5 Å². The second-order valence-electron chi connectivity index (χ2n) is 12.3. The van der Waals surface area contributed by atoms with E-state index in [2.05, 4.69) is 5.32 Å². The number of rotatable bonds is 14. The Hall–Kier alpha value is -4.63. The number of anilines is 1. The predicted octanol–water partition coefficient (Wildman–Crippen LogP) is 6.23. The van der Waals surface area contributed by atoms with Gasteiger partial charge in [-0.15, -0.1) is 0 Å². The summed E-state index contributed by atoms with van der Waals surface area (Å²) in [6.07, 6.45) is 0.245. The number of aryl methyl sites for hydroxylation is 3. The fourth-order valence-corrected chi connectivity index (χ4v) is 6.75. The standard InChI is InChI=1S/C38H45N3O5S/c1-27(2)24-39-38(43)36(23-31-11-8-7-9-12-31)40(25-32-13-10-14-33(22-32)46-6)37(42)26-41(35-21-29(4)15-18-30(35)5)47(44,45)34-19-16-28(3)17-20-34/h7-22,27,36H,23-26H2,1-6H3,(H,39,43). The summed E-state index contributed by atoms with van der Waals surface area (Å²) in [5.41, 5.74) is 4.49. The van der Waals surface area contributed by atoms with Crippen LogP contribution in [-0.4, -0.2) is 51.4 Å². The predicted molar refractivity (Wildman–Crippen MR) is 187 cm³/mol. The molecule has 0 radical (unpaired) electrons. The number of sulfonamides is 1. The number of amides is 2. The molecule has 0 saturated heterocycles. The van der Waals surface area contributed by atoms with E-state index in [0.717, 1.165) is 22.3 Å². The third-order valence-corrected chi connectivity index (χ3v) is 9.74. The zero-order valence-corrected chi connectivity index (χ0v) is 28.9. The Bertz CT molecular complexity index is 1770. The van der Waals surface area contributed by atoms with Gasteiger partial charge in [-0.25, -0.2) is 8.42 Å². The van der Waals surface area contributed by atoms with Crippen molar-refractivity contribution in [1.29, 1.82) is 0 Å². The molecule has 0 spiro atoms. The first kappa shape index (κ1) is 35.2. The summed E-state index contributed by atoms with van der Waals surface area (Å²) in [7, 11) is -2.62. The molecule has 9 heteroatoms. The van der Waals surface area contributed by atoms with Crippen LogP contribution in [0.2, 0.25) is 0 Å². The number of hydrogen-bond acceptors (Lipinski definition) is 5. The van der Waals surface area contributed by atoms with Gasteiger partial charge in [-0.3, -0.25) is 13.9 Å². The van der Waals surface area contributed by atoms with Crippen molar-refractivity contribution in [3.63, 3.8) is 0 Å². The molecule has 0 fully saturated rings. The summed E-state index contributed by atoms with van der Waals surface area (Å²) in [5, 5.41) is 3.02. The van der Waals surface area contributed by atoms with Gasteiger partial charge < -0.3 is 15.0 Å². The molecule has 0 aliphatic carbocycles. The SMILES string of the molecule is COc1cccc(CN(C(=O)CN(c2cc(C)ccc2C)S(=O)(=O)c2ccc(C)cc2)C(Cc2ccccc2)C(=O)NCC(C)C)c1. The summed E-state index contributed by atoms with van der Waals surface area (Å²) in [5.74, 6) is -0.0143. The van der Waals surface area contributed by atoms with E-state index in [9.17, 15) is 18.0 Å². The molecule has 8 nitrogen and oxygen atoms in total. The van der Waals surface area contributed by atoms with Crippen LogP contribution in [0.1, 0.15) is 41.7 Å². The molecule has 248 valence electrons. The van der Waals surface area contributed by atoms with Gasteiger partial charge in [0.2, 0.25) is 11.8 Å². The summed E-state index contributed by atoms with van der Waals surface area (Å²) >= 11 is 0. The molecule has 0 aliphatic heterocycles. The molecule has 1 atom stereocenters. The molecular weight excluding hydrogens is 611 g/mol. The Morgan fingerprint density at radius 2 is 1.47 bits per heavy atom. The van der Waals surface area contributed by atoms with Crippen molar-refractivity contribution in [2.75, 3.05) is 24.5 Å². The van der Waals surface area contributed by atoms with E-state index in [1.54, 1.807) is 37.4 Å². The maximum absolute atomic E-state index is 14.7. The van der Waals surface area contributed by atoms with Gasteiger partial charge in [-0.05, 0) is 79.3 Å². The highest BCUT2D eigenvalue weighted by atomic mass is 32.2. The molecule has 47 heavy (non-hydrogen) atoms. The second kappa shape index (κ2) is 15.8. The van der Waals surface area contributed by atoms with Crippen LogP contribution < -0.4 is 14.4 Å². The van der Waals surface area contributed by atoms with Crippen LogP contribution in [0.25, 0.3) is 0 Å². The van der Waals surface area contributed by atoms with E-state index in [4.69, 9.17) is 4.74 Å². The van der Waals surface area contributed by atoms with Crippen LogP contribution in [-0.2, 0) is 32.6 Å². The van der Waals surface area contributed by atoms with Crippen LogP contribution in [0.3, 0.4) is 0 Å². The molecule has 1 unspecified atom stereocenters. The minimum Gasteiger partial charge on any atom is -0.497 e. The first-order valence-corrected chi connectivity index (χ1v) is 17.2. The van der Waals surface area contributed by atoms with Crippen LogP contribution >= 0.6 is 0 Å². The number of benzene rings is 4. The molecule has 1 N–H and O–H groups in total. The smallest absolute Gasteiger partial charge is 0.264 e. The highest BCUT2D eigenvalue weighted by Crippen LogP contribution is 2.29. The number of carbonyl (C=O) groups excluding carboxylic acids is 2. The average molecular weight is 656 g/mol. The van der Waals surface area contributed by atoms with Gasteiger partial charge in [-0.2, -0.15) is 0 Å². The molecule has 0 bridgehead atoms. The number of carbonyl (C=O) groups is 2. The van der Waals surface area contributed by atoms with Gasteiger partial charge in [0.1, 0.15) is 18.3 Å². The number of nitrogens with zero attached hydrogens (tertiary/aromatic N) is 2. The molecule has 0 aliphatic rings. The Labute approximate surface area is 279 Å². The lowest BCUT2D eigenvalue weighted by molar-refractivity contribution is -0.140. The monoisotopic (exact) mass is 655 g/mol. The maximum atomic E-state index is 14.7. The van der Waals surface area contributed by atoms with Crippen LogP contribution in [0.4, 0.5) is 5.69 Å². The van der Waals surface area contributed by atoms with E-state index >= 15 is 0 Å². The lowest BCUT2D eigenvalue weighted by Gasteiger charge is -2.34. The summed E-state index contributed by atoms with van der Waals surface area (Å²) in [6, 6.07) is 28.0. The lowest BCUT2D eigenvalue weighted by Crippen LogP contribution is -2.53. The minimum atomic E-state index is -4.18. The molecular formula is C38H45N3O5S. The van der Waals surface area contributed by atoms with Crippen molar-refractivity contribution in [1.82, 2.24) is 10.2 Å². The molecule has 0 aromatic heterocycles. The van der Waals surface area contributed by atoms with E-state index in [1.165, 1.54) is 9.21 Å². The van der Waals surface area contributed by atoms with E-state index in [-0.39, 0.29) is 29.7 Å². The zero-order chi connectivity index (χ0) is 34.1. The molecule has 0 saturated carbocycles. The Kier molecular flexibility index (Phi) is 11.8. The molecule has 0 heterocycles. The number of hydrogen-bond donors (Lipinski definition) is 1. The number of nitrogens with one attached hydrogen (secondary N) is 1. The third-order valence-electron chi connectivity index (χ3n) is 7.96. The minimum absolute atomic E-state index is 0.0633. The lowest BCUT2D eigenvalue weighted by atomic mass is 10.0. The van der Waals surface area contributed by atoms with Crippen LogP contribution in [0.15, 0.2) is 102 Å². The fourth-order valence-electron chi connectivity index (χ4n) is 5.28. The fraction of sp³-hybridized carbons (Fsp3) is 0.316. The van der Waals surface area contributed by atoms with Gasteiger partial charge in [0.25, 0.3) is 10.0 Å². The molecule has 4 aromatic rings. The summed E-state index contributed by atoms with van der Waals surface area (Å²) in [4.78, 5) is 30.2. The van der Waals surface area contributed by atoms with E-state index in [0.29, 0.717) is 23.5 Å². The van der Waals surface area contributed by atoms with Crippen LogP contribution in [0, 0.1) is 26.7 Å². The van der Waals surface area contributed by atoms with Crippen molar-refractivity contribution in [3.05, 3.63) is 125 Å². The molecule has 4 aromatic carbocycles. The second-order valence-corrected chi connectivity index (χ2v) is 14.2. The van der Waals surface area contributed by atoms with Crippen molar-refractivity contribution in [3.8, 4) is 5.75 Å². The third kappa shape index (κ3) is 9.23. The Morgan fingerprint density at radius 3 is 2.13 bits per heavy atom. The normalized spacial score (nSPS) is 12.0. The first-order valence-electron chi connectivity index (χ1n) is 15.8. The van der Waals surface area contributed by atoms with Crippen LogP contribution in [0.5, 0.6) is 5.75 Å². The first-order chi connectivity index (χ1) is 22.4. The number of ether oxygens (including phenoxy) is 1. The summed E-state index contributed by atoms with van der Waals surface area (Å²) < 4.78 is 35.3. The van der Waals surface area contributed by atoms with E-state index in [1.807, 2.05) is 101 Å². The van der Waals surface area contributed by atoms with Gasteiger partial charge in [0, 0.05) is 19.5 Å². The molecule has 2 amide bonds.